The lowest BCUT2D eigenvalue weighted by atomic mass is 9.99. The number of hydrogen-bond donors (Lipinski definition) is 1. The average molecular weight is 308 g/mol. The fourth-order valence-corrected chi connectivity index (χ4v) is 2.47. The van der Waals surface area contributed by atoms with Crippen molar-refractivity contribution in [2.75, 3.05) is 14.2 Å². The van der Waals surface area contributed by atoms with Crippen LogP contribution >= 0.6 is 11.6 Å². The Hall–Kier alpha value is -1.78. The SMILES string of the molecule is COc1ccc([C@H](O)Cc2c(C)cncc2Cl)cc1OC. The van der Waals surface area contributed by atoms with E-state index in [2.05, 4.69) is 4.98 Å². The first-order chi connectivity index (χ1) is 10.1. The summed E-state index contributed by atoms with van der Waals surface area (Å²) in [6.45, 7) is 1.93. The van der Waals surface area contributed by atoms with Gasteiger partial charge in [0.25, 0.3) is 0 Å². The molecule has 0 fully saturated rings. The highest BCUT2D eigenvalue weighted by atomic mass is 35.5. The second-order valence-corrected chi connectivity index (χ2v) is 5.16. The molecule has 1 aromatic carbocycles. The highest BCUT2D eigenvalue weighted by Gasteiger charge is 2.15. The standard InChI is InChI=1S/C16H18ClNO3/c1-10-8-18-9-13(17)12(10)7-14(19)11-4-5-15(20-2)16(6-11)21-3/h4-6,8-9,14,19H,7H2,1-3H3/t14-/m1/s1. The predicted molar refractivity (Wildman–Crippen MR) is 82.2 cm³/mol. The number of hydrogen-bond acceptors (Lipinski definition) is 4. The molecule has 0 saturated heterocycles. The van der Waals surface area contributed by atoms with E-state index < -0.39 is 6.10 Å². The zero-order valence-corrected chi connectivity index (χ0v) is 13.0. The zero-order valence-electron chi connectivity index (χ0n) is 12.3. The number of pyridine rings is 1. The van der Waals surface area contributed by atoms with E-state index >= 15 is 0 Å². The Labute approximate surface area is 129 Å². The van der Waals surface area contributed by atoms with Crippen molar-refractivity contribution in [1.82, 2.24) is 4.98 Å². The number of nitrogens with zero attached hydrogens (tertiary/aromatic N) is 1. The maximum absolute atomic E-state index is 10.4. The lowest BCUT2D eigenvalue weighted by Gasteiger charge is -2.16. The molecule has 0 aliphatic rings. The molecule has 112 valence electrons. The summed E-state index contributed by atoms with van der Waals surface area (Å²) in [4.78, 5) is 4.02. The van der Waals surface area contributed by atoms with Gasteiger partial charge < -0.3 is 14.6 Å². The minimum Gasteiger partial charge on any atom is -0.493 e. The van der Waals surface area contributed by atoms with Crippen molar-refractivity contribution >= 4 is 11.6 Å². The maximum atomic E-state index is 10.4. The number of aromatic nitrogens is 1. The average Bonchev–Trinajstić information content (AvgIpc) is 2.50. The van der Waals surface area contributed by atoms with Crippen LogP contribution in [0.2, 0.25) is 5.02 Å². The summed E-state index contributed by atoms with van der Waals surface area (Å²) in [7, 11) is 3.14. The number of aliphatic hydroxyl groups excluding tert-OH is 1. The van der Waals surface area contributed by atoms with Gasteiger partial charge in [-0.25, -0.2) is 0 Å². The van der Waals surface area contributed by atoms with Crippen LogP contribution in [0.5, 0.6) is 11.5 Å². The normalized spacial score (nSPS) is 12.0. The number of benzene rings is 1. The van der Waals surface area contributed by atoms with Crippen LogP contribution < -0.4 is 9.47 Å². The third-order valence-electron chi connectivity index (χ3n) is 3.41. The molecule has 0 aliphatic heterocycles. The van der Waals surface area contributed by atoms with Crippen molar-refractivity contribution in [3.05, 3.63) is 52.3 Å². The molecule has 2 rings (SSSR count). The molecule has 0 spiro atoms. The third kappa shape index (κ3) is 3.46. The lowest BCUT2D eigenvalue weighted by Crippen LogP contribution is -2.05. The predicted octanol–water partition coefficient (Wildman–Crippen LogP) is 3.34. The summed E-state index contributed by atoms with van der Waals surface area (Å²) < 4.78 is 10.4. The quantitative estimate of drug-likeness (QED) is 0.920. The molecule has 0 amide bonds. The van der Waals surface area contributed by atoms with E-state index in [1.54, 1.807) is 38.7 Å². The summed E-state index contributed by atoms with van der Waals surface area (Å²) in [5.74, 6) is 1.22. The lowest BCUT2D eigenvalue weighted by molar-refractivity contribution is 0.177. The largest absolute Gasteiger partial charge is 0.493 e. The van der Waals surface area contributed by atoms with Crippen molar-refractivity contribution in [1.29, 1.82) is 0 Å². The molecular weight excluding hydrogens is 290 g/mol. The molecule has 1 heterocycles. The summed E-state index contributed by atoms with van der Waals surface area (Å²) in [6.07, 6.45) is 3.07. The van der Waals surface area contributed by atoms with Crippen LogP contribution in [0.15, 0.2) is 30.6 Å². The summed E-state index contributed by atoms with van der Waals surface area (Å²) >= 11 is 6.15. The van der Waals surface area contributed by atoms with Crippen molar-refractivity contribution in [3.63, 3.8) is 0 Å². The van der Waals surface area contributed by atoms with E-state index in [4.69, 9.17) is 21.1 Å². The van der Waals surface area contributed by atoms with Crippen molar-refractivity contribution in [2.45, 2.75) is 19.4 Å². The van der Waals surface area contributed by atoms with Crippen LogP contribution in [0.3, 0.4) is 0 Å². The fraction of sp³-hybridized carbons (Fsp3) is 0.312. The van der Waals surface area contributed by atoms with E-state index in [1.165, 1.54) is 0 Å². The summed E-state index contributed by atoms with van der Waals surface area (Å²) in [5.41, 5.74) is 2.61. The fourth-order valence-electron chi connectivity index (χ4n) is 2.19. The molecule has 5 heteroatoms. The number of rotatable bonds is 5. The Balaban J connectivity index is 2.26. The highest BCUT2D eigenvalue weighted by molar-refractivity contribution is 6.31. The Morgan fingerprint density at radius 1 is 1.19 bits per heavy atom. The molecule has 2 aromatic rings. The van der Waals surface area contributed by atoms with Gasteiger partial charge in [-0.2, -0.15) is 0 Å². The first-order valence-electron chi connectivity index (χ1n) is 6.55. The molecule has 0 saturated carbocycles. The molecule has 1 N–H and O–H groups in total. The second kappa shape index (κ2) is 6.78. The number of methoxy groups -OCH3 is 2. The van der Waals surface area contributed by atoms with Crippen LogP contribution in [0.1, 0.15) is 22.8 Å². The van der Waals surface area contributed by atoms with Gasteiger partial charge in [0, 0.05) is 18.8 Å². The molecule has 0 radical (unpaired) electrons. The zero-order chi connectivity index (χ0) is 15.4. The van der Waals surface area contributed by atoms with Gasteiger partial charge in [-0.15, -0.1) is 0 Å². The second-order valence-electron chi connectivity index (χ2n) is 4.75. The maximum Gasteiger partial charge on any atom is 0.161 e. The molecule has 0 unspecified atom stereocenters. The first-order valence-corrected chi connectivity index (χ1v) is 6.93. The van der Waals surface area contributed by atoms with Gasteiger partial charge in [0.15, 0.2) is 11.5 Å². The highest BCUT2D eigenvalue weighted by Crippen LogP contribution is 2.32. The Bertz CT molecular complexity index is 611. The van der Waals surface area contributed by atoms with Gasteiger partial charge in [0.05, 0.1) is 25.3 Å². The van der Waals surface area contributed by atoms with Crippen LogP contribution in [0, 0.1) is 6.92 Å². The minimum atomic E-state index is -0.677. The van der Waals surface area contributed by atoms with Crippen molar-refractivity contribution < 1.29 is 14.6 Å². The molecule has 1 aromatic heterocycles. The molecule has 0 bridgehead atoms. The summed E-state index contributed by atoms with van der Waals surface area (Å²) in [6, 6.07) is 5.36. The van der Waals surface area contributed by atoms with Crippen LogP contribution in [0.4, 0.5) is 0 Å². The molecule has 0 aliphatic carbocycles. The van der Waals surface area contributed by atoms with Crippen LogP contribution in [-0.4, -0.2) is 24.3 Å². The molecule has 1 atom stereocenters. The Kier molecular flexibility index (Phi) is 5.04. The van der Waals surface area contributed by atoms with Crippen molar-refractivity contribution in [2.24, 2.45) is 0 Å². The van der Waals surface area contributed by atoms with Gasteiger partial charge in [0.2, 0.25) is 0 Å². The topological polar surface area (TPSA) is 51.6 Å². The first kappa shape index (κ1) is 15.6. The Morgan fingerprint density at radius 2 is 1.90 bits per heavy atom. The van der Waals surface area contributed by atoms with Crippen molar-refractivity contribution in [3.8, 4) is 11.5 Å². The van der Waals surface area contributed by atoms with E-state index in [0.717, 1.165) is 16.7 Å². The summed E-state index contributed by atoms with van der Waals surface area (Å²) in [5, 5.41) is 11.0. The number of ether oxygens (including phenoxy) is 2. The van der Waals surface area contributed by atoms with E-state index in [-0.39, 0.29) is 0 Å². The number of aryl methyl sites for hydroxylation is 1. The van der Waals surface area contributed by atoms with E-state index in [1.807, 2.05) is 13.0 Å². The monoisotopic (exact) mass is 307 g/mol. The van der Waals surface area contributed by atoms with Gasteiger partial charge in [0.1, 0.15) is 0 Å². The number of aliphatic hydroxyl groups is 1. The van der Waals surface area contributed by atoms with Gasteiger partial charge in [-0.05, 0) is 35.7 Å². The Morgan fingerprint density at radius 3 is 2.52 bits per heavy atom. The van der Waals surface area contributed by atoms with Gasteiger partial charge >= 0.3 is 0 Å². The molecule has 21 heavy (non-hydrogen) atoms. The smallest absolute Gasteiger partial charge is 0.161 e. The van der Waals surface area contributed by atoms with Gasteiger partial charge in [-0.3, -0.25) is 4.98 Å². The molecular formula is C16H18ClNO3. The van der Waals surface area contributed by atoms with Gasteiger partial charge in [-0.1, -0.05) is 17.7 Å². The van der Waals surface area contributed by atoms with E-state index in [9.17, 15) is 5.11 Å². The third-order valence-corrected chi connectivity index (χ3v) is 3.74. The van der Waals surface area contributed by atoms with Crippen LogP contribution in [-0.2, 0) is 6.42 Å². The minimum absolute atomic E-state index is 0.419. The van der Waals surface area contributed by atoms with Crippen LogP contribution in [0.25, 0.3) is 0 Å². The molecule has 4 nitrogen and oxygen atoms in total. The van der Waals surface area contributed by atoms with E-state index in [0.29, 0.717) is 22.9 Å². The number of halogens is 1.